The first kappa shape index (κ1) is 12.0. The average Bonchev–Trinajstić information content (AvgIpc) is 2.64. The van der Waals surface area contributed by atoms with Gasteiger partial charge in [0.15, 0.2) is 0 Å². The van der Waals surface area contributed by atoms with Gasteiger partial charge in [-0.3, -0.25) is 0 Å². The van der Waals surface area contributed by atoms with Gasteiger partial charge < -0.3 is 5.32 Å². The van der Waals surface area contributed by atoms with Crippen LogP contribution in [0.4, 0.5) is 0 Å². The van der Waals surface area contributed by atoms with E-state index in [0.29, 0.717) is 5.41 Å². The van der Waals surface area contributed by atoms with Crippen LogP contribution in [0.2, 0.25) is 0 Å². The molecule has 0 aliphatic heterocycles. The molecule has 0 amide bonds. The maximum atomic E-state index is 3.56. The highest BCUT2D eigenvalue weighted by atomic mass is 14.9. The van der Waals surface area contributed by atoms with Crippen molar-refractivity contribution in [2.24, 2.45) is 11.3 Å². The molecule has 14 heavy (non-hydrogen) atoms. The van der Waals surface area contributed by atoms with Crippen molar-refractivity contribution in [3.8, 4) is 0 Å². The molecule has 1 rings (SSSR count). The van der Waals surface area contributed by atoms with Crippen molar-refractivity contribution in [1.29, 1.82) is 0 Å². The molecule has 84 valence electrons. The summed E-state index contributed by atoms with van der Waals surface area (Å²) in [5.41, 5.74) is 0.658. The first-order chi connectivity index (χ1) is 6.72. The Balaban J connectivity index is 2.43. The van der Waals surface area contributed by atoms with Gasteiger partial charge in [-0.25, -0.2) is 0 Å². The molecule has 1 heteroatoms. The summed E-state index contributed by atoms with van der Waals surface area (Å²) < 4.78 is 0. The fourth-order valence-electron chi connectivity index (χ4n) is 2.85. The molecular formula is C13H27N. The Kier molecular flexibility index (Phi) is 4.94. The van der Waals surface area contributed by atoms with Crippen LogP contribution in [0.15, 0.2) is 0 Å². The van der Waals surface area contributed by atoms with Crippen LogP contribution in [0.25, 0.3) is 0 Å². The summed E-state index contributed by atoms with van der Waals surface area (Å²) in [6.45, 7) is 9.33. The molecule has 0 spiro atoms. The molecule has 1 nitrogen and oxygen atoms in total. The molecule has 1 aliphatic rings. The summed E-state index contributed by atoms with van der Waals surface area (Å²) in [5.74, 6) is 0.909. The van der Waals surface area contributed by atoms with Crippen molar-refractivity contribution in [2.45, 2.75) is 59.3 Å². The van der Waals surface area contributed by atoms with Crippen LogP contribution in [-0.2, 0) is 0 Å². The number of hydrogen-bond donors (Lipinski definition) is 1. The third kappa shape index (κ3) is 3.27. The molecule has 1 N–H and O–H groups in total. The Morgan fingerprint density at radius 2 is 1.86 bits per heavy atom. The predicted molar refractivity (Wildman–Crippen MR) is 63.5 cm³/mol. The SMILES string of the molecule is CCNCC1(CC(C)CC)CCCC1. The maximum absolute atomic E-state index is 3.56. The first-order valence-corrected chi connectivity index (χ1v) is 6.43. The van der Waals surface area contributed by atoms with E-state index in [0.717, 1.165) is 12.5 Å². The quantitative estimate of drug-likeness (QED) is 0.686. The minimum atomic E-state index is 0.658. The van der Waals surface area contributed by atoms with E-state index in [1.807, 2.05) is 0 Å². The monoisotopic (exact) mass is 197 g/mol. The van der Waals surface area contributed by atoms with Crippen LogP contribution in [0.3, 0.4) is 0 Å². The van der Waals surface area contributed by atoms with Crippen LogP contribution in [0.5, 0.6) is 0 Å². The van der Waals surface area contributed by atoms with Gasteiger partial charge in [0, 0.05) is 6.54 Å². The van der Waals surface area contributed by atoms with Gasteiger partial charge in [0.25, 0.3) is 0 Å². The summed E-state index contributed by atoms with van der Waals surface area (Å²) in [6, 6.07) is 0. The second-order valence-corrected chi connectivity index (χ2v) is 5.20. The second kappa shape index (κ2) is 5.75. The molecule has 1 fully saturated rings. The van der Waals surface area contributed by atoms with Crippen LogP contribution >= 0.6 is 0 Å². The highest BCUT2D eigenvalue weighted by Gasteiger charge is 2.34. The van der Waals surface area contributed by atoms with Crippen molar-refractivity contribution in [3.05, 3.63) is 0 Å². The Morgan fingerprint density at radius 3 is 2.36 bits per heavy atom. The minimum Gasteiger partial charge on any atom is -0.316 e. The molecule has 0 heterocycles. The Morgan fingerprint density at radius 1 is 1.21 bits per heavy atom. The van der Waals surface area contributed by atoms with Gasteiger partial charge in [0.2, 0.25) is 0 Å². The largest absolute Gasteiger partial charge is 0.316 e. The van der Waals surface area contributed by atoms with E-state index in [-0.39, 0.29) is 0 Å². The molecule has 1 unspecified atom stereocenters. The average molecular weight is 197 g/mol. The van der Waals surface area contributed by atoms with Gasteiger partial charge >= 0.3 is 0 Å². The van der Waals surface area contributed by atoms with Gasteiger partial charge in [0.05, 0.1) is 0 Å². The summed E-state index contributed by atoms with van der Waals surface area (Å²) in [7, 11) is 0. The van der Waals surface area contributed by atoms with E-state index < -0.39 is 0 Å². The van der Waals surface area contributed by atoms with E-state index in [2.05, 4.69) is 26.1 Å². The molecule has 0 aromatic rings. The molecule has 0 saturated heterocycles. The normalized spacial score (nSPS) is 22.5. The molecule has 0 radical (unpaired) electrons. The molecule has 1 saturated carbocycles. The summed E-state index contributed by atoms with van der Waals surface area (Å²) in [5, 5.41) is 3.56. The minimum absolute atomic E-state index is 0.658. The fourth-order valence-corrected chi connectivity index (χ4v) is 2.85. The van der Waals surface area contributed by atoms with Gasteiger partial charge in [0.1, 0.15) is 0 Å². The zero-order valence-corrected chi connectivity index (χ0v) is 10.2. The van der Waals surface area contributed by atoms with E-state index >= 15 is 0 Å². The molecule has 1 atom stereocenters. The third-order valence-corrected chi connectivity index (χ3v) is 3.89. The Bertz CT molecular complexity index is 147. The lowest BCUT2D eigenvalue weighted by Gasteiger charge is -2.32. The first-order valence-electron chi connectivity index (χ1n) is 6.43. The van der Waals surface area contributed by atoms with Crippen molar-refractivity contribution in [3.63, 3.8) is 0 Å². The molecule has 0 aromatic heterocycles. The maximum Gasteiger partial charge on any atom is 0.000779 e. The van der Waals surface area contributed by atoms with Crippen molar-refractivity contribution in [2.75, 3.05) is 13.1 Å². The van der Waals surface area contributed by atoms with Gasteiger partial charge in [-0.15, -0.1) is 0 Å². The Labute approximate surface area is 89.7 Å². The zero-order valence-electron chi connectivity index (χ0n) is 10.2. The van der Waals surface area contributed by atoms with E-state index in [1.165, 1.54) is 45.1 Å². The van der Waals surface area contributed by atoms with Gasteiger partial charge in [-0.05, 0) is 37.1 Å². The van der Waals surface area contributed by atoms with Crippen molar-refractivity contribution in [1.82, 2.24) is 5.32 Å². The topological polar surface area (TPSA) is 12.0 Å². The summed E-state index contributed by atoms with van der Waals surface area (Å²) in [6.07, 6.45) is 8.63. The fraction of sp³-hybridized carbons (Fsp3) is 1.00. The number of nitrogens with one attached hydrogen (secondary N) is 1. The molecule has 1 aliphatic carbocycles. The van der Waals surface area contributed by atoms with Crippen molar-refractivity contribution < 1.29 is 0 Å². The summed E-state index contributed by atoms with van der Waals surface area (Å²) in [4.78, 5) is 0. The summed E-state index contributed by atoms with van der Waals surface area (Å²) >= 11 is 0. The predicted octanol–water partition coefficient (Wildman–Crippen LogP) is 3.59. The van der Waals surface area contributed by atoms with Crippen LogP contribution in [0, 0.1) is 11.3 Å². The van der Waals surface area contributed by atoms with Gasteiger partial charge in [-0.1, -0.05) is 40.0 Å². The molecule has 0 bridgehead atoms. The highest BCUT2D eigenvalue weighted by Crippen LogP contribution is 2.43. The third-order valence-electron chi connectivity index (χ3n) is 3.89. The Hall–Kier alpha value is -0.0400. The molecular weight excluding hydrogens is 170 g/mol. The van der Waals surface area contributed by atoms with Gasteiger partial charge in [-0.2, -0.15) is 0 Å². The van der Waals surface area contributed by atoms with E-state index in [9.17, 15) is 0 Å². The van der Waals surface area contributed by atoms with E-state index in [4.69, 9.17) is 0 Å². The number of rotatable bonds is 6. The van der Waals surface area contributed by atoms with Crippen molar-refractivity contribution >= 4 is 0 Å². The lowest BCUT2D eigenvalue weighted by atomic mass is 9.77. The van der Waals surface area contributed by atoms with E-state index in [1.54, 1.807) is 0 Å². The molecule has 0 aromatic carbocycles. The van der Waals surface area contributed by atoms with Crippen LogP contribution in [0.1, 0.15) is 59.3 Å². The zero-order chi connectivity index (χ0) is 10.4. The van der Waals surface area contributed by atoms with Crippen LogP contribution < -0.4 is 5.32 Å². The lowest BCUT2D eigenvalue weighted by molar-refractivity contribution is 0.216. The van der Waals surface area contributed by atoms with Crippen LogP contribution in [-0.4, -0.2) is 13.1 Å². The smallest absolute Gasteiger partial charge is 0.000779 e. The number of hydrogen-bond acceptors (Lipinski definition) is 1. The standard InChI is InChI=1S/C13H27N/c1-4-12(3)10-13(11-14-5-2)8-6-7-9-13/h12,14H,4-11H2,1-3H3. The highest BCUT2D eigenvalue weighted by molar-refractivity contribution is 4.87. The lowest BCUT2D eigenvalue weighted by Crippen LogP contribution is -2.33. The second-order valence-electron chi connectivity index (χ2n) is 5.20.